The van der Waals surface area contributed by atoms with Gasteiger partial charge in [0.1, 0.15) is 0 Å². The van der Waals surface area contributed by atoms with E-state index in [-0.39, 0.29) is 5.41 Å². The Kier molecular flexibility index (Phi) is 6.01. The Morgan fingerprint density at radius 2 is 1.13 bits per heavy atom. The number of hydrogen-bond donors (Lipinski definition) is 0. The smallest absolute Gasteiger partial charge is 0.0972 e. The first kappa shape index (κ1) is 29.2. The van der Waals surface area contributed by atoms with E-state index < -0.39 is 0 Å². The molecule has 0 N–H and O–H groups in total. The molecule has 3 heterocycles. The maximum atomic E-state index is 5.21. The van der Waals surface area contributed by atoms with Crippen molar-refractivity contribution in [2.24, 2.45) is 0 Å². The maximum Gasteiger partial charge on any atom is 0.0972 e. The number of rotatable bonds is 3. The van der Waals surface area contributed by atoms with Crippen molar-refractivity contribution in [3.05, 3.63) is 175 Å². The zero-order valence-corrected chi connectivity index (χ0v) is 28.9. The molecule has 7 aromatic carbocycles. The summed E-state index contributed by atoms with van der Waals surface area (Å²) < 4.78 is 2.42. The molecule has 0 amide bonds. The third-order valence-corrected chi connectivity index (χ3v) is 11.4. The Bertz CT molecular complexity index is 3100. The standard InChI is InChI=1S/C49H33N3/c1-49(2)42-27-32(20-22-37(42)40-28-41-39-16-8-9-17-45(39)52(46(41)29-43(40)49)33-12-4-3-5-13-33)34-23-24-38(36-15-7-6-14-35(34)36)44-25-21-31-19-18-30-11-10-26-50-47(30)48(31)51-44/h3-29H,1-2H3. The Balaban J connectivity index is 1.06. The summed E-state index contributed by atoms with van der Waals surface area (Å²) in [5.41, 5.74) is 15.3. The third-order valence-electron chi connectivity index (χ3n) is 11.4. The zero-order chi connectivity index (χ0) is 34.6. The van der Waals surface area contributed by atoms with Crippen molar-refractivity contribution in [3.8, 4) is 39.2 Å². The molecular weight excluding hydrogens is 631 g/mol. The highest BCUT2D eigenvalue weighted by Gasteiger charge is 2.37. The van der Waals surface area contributed by atoms with Crippen molar-refractivity contribution in [1.29, 1.82) is 0 Å². The monoisotopic (exact) mass is 663 g/mol. The zero-order valence-electron chi connectivity index (χ0n) is 28.9. The molecular formula is C49H33N3. The first-order valence-corrected chi connectivity index (χ1v) is 18.0. The Hall–Kier alpha value is -6.58. The summed E-state index contributed by atoms with van der Waals surface area (Å²) >= 11 is 0. The van der Waals surface area contributed by atoms with E-state index >= 15 is 0 Å². The summed E-state index contributed by atoms with van der Waals surface area (Å²) in [4.78, 5) is 9.91. The van der Waals surface area contributed by atoms with Crippen LogP contribution in [-0.4, -0.2) is 14.5 Å². The summed E-state index contributed by atoms with van der Waals surface area (Å²) in [5.74, 6) is 0. The Morgan fingerprint density at radius 3 is 1.98 bits per heavy atom. The van der Waals surface area contributed by atoms with E-state index in [0.29, 0.717) is 0 Å². The van der Waals surface area contributed by atoms with E-state index in [2.05, 4.69) is 170 Å². The second-order valence-electron chi connectivity index (χ2n) is 14.6. The van der Waals surface area contributed by atoms with Crippen molar-refractivity contribution in [2.45, 2.75) is 19.3 Å². The van der Waals surface area contributed by atoms with E-state index in [1.54, 1.807) is 0 Å². The van der Waals surface area contributed by atoms with Gasteiger partial charge in [-0.25, -0.2) is 4.98 Å². The van der Waals surface area contributed by atoms with Crippen LogP contribution in [0.3, 0.4) is 0 Å². The number of nitrogens with zero attached hydrogens (tertiary/aromatic N) is 3. The highest BCUT2D eigenvalue weighted by atomic mass is 15.0. The van der Waals surface area contributed by atoms with Crippen molar-refractivity contribution in [2.75, 3.05) is 0 Å². The lowest BCUT2D eigenvalue weighted by molar-refractivity contribution is 0.661. The average molecular weight is 664 g/mol. The van der Waals surface area contributed by atoms with Crippen molar-refractivity contribution >= 4 is 54.4 Å². The van der Waals surface area contributed by atoms with Gasteiger partial charge in [0.15, 0.2) is 0 Å². The first-order valence-electron chi connectivity index (χ1n) is 18.0. The van der Waals surface area contributed by atoms with E-state index in [1.165, 1.54) is 71.6 Å². The van der Waals surface area contributed by atoms with E-state index in [0.717, 1.165) is 33.1 Å². The van der Waals surface area contributed by atoms with Gasteiger partial charge in [0.2, 0.25) is 0 Å². The summed E-state index contributed by atoms with van der Waals surface area (Å²) in [6.07, 6.45) is 1.85. The second kappa shape index (κ2) is 10.7. The fourth-order valence-corrected chi connectivity index (χ4v) is 8.87. The number of pyridine rings is 2. The van der Waals surface area contributed by atoms with Gasteiger partial charge in [0.25, 0.3) is 0 Å². The third kappa shape index (κ3) is 4.08. The number of fused-ring (bicyclic) bond motifs is 10. The van der Waals surface area contributed by atoms with Crippen molar-refractivity contribution in [1.82, 2.24) is 14.5 Å². The fourth-order valence-electron chi connectivity index (χ4n) is 8.87. The van der Waals surface area contributed by atoms with E-state index in [9.17, 15) is 0 Å². The van der Waals surface area contributed by atoms with Crippen LogP contribution in [0.1, 0.15) is 25.0 Å². The topological polar surface area (TPSA) is 30.7 Å². The van der Waals surface area contributed by atoms with Crippen LogP contribution in [0.4, 0.5) is 0 Å². The van der Waals surface area contributed by atoms with E-state index in [1.807, 2.05) is 12.3 Å². The first-order chi connectivity index (χ1) is 25.5. The number of hydrogen-bond acceptors (Lipinski definition) is 2. The van der Waals surface area contributed by atoms with Gasteiger partial charge >= 0.3 is 0 Å². The summed E-state index contributed by atoms with van der Waals surface area (Å²) in [6.45, 7) is 4.77. The molecule has 10 aromatic rings. The molecule has 3 nitrogen and oxygen atoms in total. The lowest BCUT2D eigenvalue weighted by Gasteiger charge is -2.23. The van der Waals surface area contributed by atoms with Gasteiger partial charge in [-0.05, 0) is 92.7 Å². The molecule has 0 bridgehead atoms. The van der Waals surface area contributed by atoms with Crippen LogP contribution in [0, 0.1) is 0 Å². The van der Waals surface area contributed by atoms with Gasteiger partial charge in [0, 0.05) is 44.4 Å². The normalized spacial score (nSPS) is 13.3. The minimum atomic E-state index is -0.172. The molecule has 0 fully saturated rings. The second-order valence-corrected chi connectivity index (χ2v) is 14.6. The number of aromatic nitrogens is 3. The van der Waals surface area contributed by atoms with Crippen LogP contribution in [-0.2, 0) is 5.41 Å². The average Bonchev–Trinajstić information content (AvgIpc) is 3.64. The highest BCUT2D eigenvalue weighted by molar-refractivity contribution is 6.12. The highest BCUT2D eigenvalue weighted by Crippen LogP contribution is 2.52. The number of para-hydroxylation sites is 2. The number of benzene rings is 7. The molecule has 0 saturated heterocycles. The van der Waals surface area contributed by atoms with Crippen LogP contribution in [0.15, 0.2) is 164 Å². The molecule has 0 spiro atoms. The Labute approximate surface area is 301 Å². The molecule has 11 rings (SSSR count). The van der Waals surface area contributed by atoms with Crippen LogP contribution in [0.2, 0.25) is 0 Å². The molecule has 0 radical (unpaired) electrons. The van der Waals surface area contributed by atoms with Gasteiger partial charge in [-0.1, -0.05) is 123 Å². The van der Waals surface area contributed by atoms with Gasteiger partial charge in [-0.3, -0.25) is 4.98 Å². The fraction of sp³-hybridized carbons (Fsp3) is 0.0612. The molecule has 3 heteroatoms. The molecule has 0 saturated carbocycles. The molecule has 3 aromatic heterocycles. The predicted octanol–water partition coefficient (Wildman–Crippen LogP) is 12.7. The quantitative estimate of drug-likeness (QED) is 0.176. The van der Waals surface area contributed by atoms with E-state index in [4.69, 9.17) is 9.97 Å². The molecule has 52 heavy (non-hydrogen) atoms. The van der Waals surface area contributed by atoms with Crippen LogP contribution in [0.25, 0.3) is 93.6 Å². The largest absolute Gasteiger partial charge is 0.309 e. The minimum absolute atomic E-state index is 0.172. The molecule has 0 unspecified atom stereocenters. The lowest BCUT2D eigenvalue weighted by atomic mass is 9.81. The van der Waals surface area contributed by atoms with Crippen molar-refractivity contribution in [3.63, 3.8) is 0 Å². The Morgan fingerprint density at radius 1 is 0.462 bits per heavy atom. The van der Waals surface area contributed by atoms with Gasteiger partial charge in [-0.15, -0.1) is 0 Å². The molecule has 0 aliphatic heterocycles. The van der Waals surface area contributed by atoms with Crippen LogP contribution >= 0.6 is 0 Å². The van der Waals surface area contributed by atoms with Gasteiger partial charge in [0.05, 0.1) is 27.8 Å². The summed E-state index contributed by atoms with van der Waals surface area (Å²) in [6, 6.07) is 57.5. The predicted molar refractivity (Wildman–Crippen MR) is 217 cm³/mol. The SMILES string of the molecule is CC1(C)c2cc(-c3ccc(-c4ccc5ccc6cccnc6c5n4)c4ccccc34)ccc2-c2cc3c4ccccc4n(-c4ccccc4)c3cc21. The minimum Gasteiger partial charge on any atom is -0.309 e. The molecule has 0 atom stereocenters. The van der Waals surface area contributed by atoms with Crippen LogP contribution in [0.5, 0.6) is 0 Å². The molecule has 1 aliphatic carbocycles. The summed E-state index contributed by atoms with van der Waals surface area (Å²) in [7, 11) is 0. The lowest BCUT2D eigenvalue weighted by Crippen LogP contribution is -2.15. The van der Waals surface area contributed by atoms with Crippen molar-refractivity contribution < 1.29 is 0 Å². The maximum absolute atomic E-state index is 5.21. The van der Waals surface area contributed by atoms with Gasteiger partial charge < -0.3 is 4.57 Å². The van der Waals surface area contributed by atoms with Gasteiger partial charge in [-0.2, -0.15) is 0 Å². The molecule has 244 valence electrons. The molecule has 1 aliphatic rings. The van der Waals surface area contributed by atoms with Crippen LogP contribution < -0.4 is 0 Å². The summed E-state index contributed by atoms with van der Waals surface area (Å²) in [5, 5.41) is 7.19.